The summed E-state index contributed by atoms with van der Waals surface area (Å²) in [5.74, 6) is 0. The van der Waals surface area contributed by atoms with Crippen LogP contribution < -0.4 is 4.90 Å². The van der Waals surface area contributed by atoms with Crippen molar-refractivity contribution in [3.05, 3.63) is 48.5 Å². The number of para-hydroxylation sites is 2. The minimum absolute atomic E-state index is 0.340. The molecule has 0 aliphatic carbocycles. The average molecular weight is 321 g/mol. The van der Waals surface area contributed by atoms with Crippen molar-refractivity contribution in [3.8, 4) is 0 Å². The predicted octanol–water partition coefficient (Wildman–Crippen LogP) is 3.91. The van der Waals surface area contributed by atoms with Crippen molar-refractivity contribution in [2.75, 3.05) is 18.1 Å². The highest BCUT2D eigenvalue weighted by molar-refractivity contribution is 7.99. The van der Waals surface area contributed by atoms with Gasteiger partial charge in [0.15, 0.2) is 0 Å². The maximum Gasteiger partial charge on any atom is 0.327 e. The minimum atomic E-state index is -2.26. The van der Waals surface area contributed by atoms with Gasteiger partial charge in [0.05, 0.1) is 18.0 Å². The number of anilines is 2. The van der Waals surface area contributed by atoms with E-state index in [2.05, 4.69) is 29.2 Å². The van der Waals surface area contributed by atoms with E-state index in [-0.39, 0.29) is 0 Å². The van der Waals surface area contributed by atoms with E-state index in [1.165, 1.54) is 21.2 Å². The van der Waals surface area contributed by atoms with Gasteiger partial charge in [-0.05, 0) is 30.7 Å². The number of fused-ring (bicyclic) bond motifs is 2. The van der Waals surface area contributed by atoms with Gasteiger partial charge in [0, 0.05) is 16.3 Å². The number of benzene rings is 2. The normalized spacial score (nSPS) is 13.2. The lowest BCUT2D eigenvalue weighted by molar-refractivity contribution is 0.253. The lowest BCUT2D eigenvalue weighted by Crippen LogP contribution is -2.22. The standard InChI is InChI=1S/C15H16NO3PS/c17-20(18)19-11-5-10-16-12-6-1-3-8-14(12)21-15-9-4-2-7-13(15)16/h1-4,6-9,17-18H,5,10-11H2. The number of hydrogen-bond acceptors (Lipinski definition) is 5. The van der Waals surface area contributed by atoms with Gasteiger partial charge in [0.2, 0.25) is 0 Å². The van der Waals surface area contributed by atoms with Crippen LogP contribution in [0.3, 0.4) is 0 Å². The molecule has 0 radical (unpaired) electrons. The van der Waals surface area contributed by atoms with E-state index in [0.29, 0.717) is 6.61 Å². The van der Waals surface area contributed by atoms with E-state index in [4.69, 9.17) is 14.3 Å². The lowest BCUT2D eigenvalue weighted by atomic mass is 10.2. The zero-order chi connectivity index (χ0) is 14.7. The van der Waals surface area contributed by atoms with Crippen LogP contribution in [0.1, 0.15) is 6.42 Å². The lowest BCUT2D eigenvalue weighted by Gasteiger charge is -2.32. The van der Waals surface area contributed by atoms with E-state index in [1.807, 2.05) is 24.3 Å². The zero-order valence-electron chi connectivity index (χ0n) is 11.3. The van der Waals surface area contributed by atoms with E-state index >= 15 is 0 Å². The van der Waals surface area contributed by atoms with Crippen molar-refractivity contribution >= 4 is 31.7 Å². The van der Waals surface area contributed by atoms with Gasteiger partial charge >= 0.3 is 8.60 Å². The third kappa shape index (κ3) is 3.39. The Balaban J connectivity index is 1.81. The summed E-state index contributed by atoms with van der Waals surface area (Å²) in [6.45, 7) is 1.12. The van der Waals surface area contributed by atoms with Gasteiger partial charge in [-0.2, -0.15) is 0 Å². The SMILES string of the molecule is OP(O)OCCCN1c2ccccc2Sc2ccccc21. The monoisotopic (exact) mass is 321 g/mol. The summed E-state index contributed by atoms with van der Waals surface area (Å²) in [6.07, 6.45) is 0.729. The Labute approximate surface area is 129 Å². The third-order valence-electron chi connectivity index (χ3n) is 3.26. The molecule has 1 heterocycles. The molecule has 6 heteroatoms. The molecule has 0 bridgehead atoms. The molecule has 110 valence electrons. The molecular formula is C15H16NO3PS. The summed E-state index contributed by atoms with van der Waals surface area (Å²) < 4.78 is 4.85. The Bertz CT molecular complexity index is 578. The van der Waals surface area contributed by atoms with Crippen LogP contribution in [-0.4, -0.2) is 22.9 Å². The van der Waals surface area contributed by atoms with Gasteiger partial charge in [0.1, 0.15) is 0 Å². The molecule has 4 nitrogen and oxygen atoms in total. The molecular weight excluding hydrogens is 305 g/mol. The van der Waals surface area contributed by atoms with Crippen LogP contribution in [0.15, 0.2) is 58.3 Å². The maximum atomic E-state index is 8.79. The first kappa shape index (κ1) is 14.8. The van der Waals surface area contributed by atoms with Crippen molar-refractivity contribution in [2.24, 2.45) is 0 Å². The minimum Gasteiger partial charge on any atom is -0.340 e. The molecule has 0 unspecified atom stereocenters. The van der Waals surface area contributed by atoms with Crippen LogP contribution in [0.2, 0.25) is 0 Å². The molecule has 0 atom stereocenters. The Morgan fingerprint density at radius 3 is 2.10 bits per heavy atom. The highest BCUT2D eigenvalue weighted by Gasteiger charge is 2.22. The third-order valence-corrected chi connectivity index (χ3v) is 4.81. The summed E-state index contributed by atoms with van der Waals surface area (Å²) in [5.41, 5.74) is 2.38. The van der Waals surface area contributed by atoms with Crippen molar-refractivity contribution in [3.63, 3.8) is 0 Å². The van der Waals surface area contributed by atoms with E-state index in [0.717, 1.165) is 13.0 Å². The first-order valence-electron chi connectivity index (χ1n) is 6.70. The summed E-state index contributed by atoms with van der Waals surface area (Å²) >= 11 is 1.78. The largest absolute Gasteiger partial charge is 0.340 e. The summed E-state index contributed by atoms with van der Waals surface area (Å²) in [5, 5.41) is 0. The molecule has 0 fully saturated rings. The van der Waals surface area contributed by atoms with Gasteiger partial charge in [-0.1, -0.05) is 36.0 Å². The number of nitrogens with zero attached hydrogens (tertiary/aromatic N) is 1. The molecule has 1 aliphatic rings. The highest BCUT2D eigenvalue weighted by Crippen LogP contribution is 2.47. The smallest absolute Gasteiger partial charge is 0.327 e. The highest BCUT2D eigenvalue weighted by atomic mass is 32.2. The van der Waals surface area contributed by atoms with Crippen molar-refractivity contribution in [2.45, 2.75) is 16.2 Å². The first-order chi connectivity index (χ1) is 10.3. The Hall–Kier alpha value is -1.10. The second kappa shape index (κ2) is 6.77. The molecule has 0 amide bonds. The Morgan fingerprint density at radius 1 is 0.952 bits per heavy atom. The van der Waals surface area contributed by atoms with Crippen LogP contribution in [0, 0.1) is 0 Å². The quantitative estimate of drug-likeness (QED) is 0.646. The van der Waals surface area contributed by atoms with Crippen molar-refractivity contribution in [1.29, 1.82) is 0 Å². The zero-order valence-corrected chi connectivity index (χ0v) is 13.1. The fourth-order valence-corrected chi connectivity index (χ4v) is 3.78. The van der Waals surface area contributed by atoms with Crippen molar-refractivity contribution < 1.29 is 14.3 Å². The first-order valence-corrected chi connectivity index (χ1v) is 8.68. The molecule has 0 saturated carbocycles. The van der Waals surface area contributed by atoms with Gasteiger partial charge < -0.3 is 19.2 Å². The Morgan fingerprint density at radius 2 is 1.52 bits per heavy atom. The predicted molar refractivity (Wildman–Crippen MR) is 85.9 cm³/mol. The average Bonchev–Trinajstić information content (AvgIpc) is 2.50. The fourth-order valence-electron chi connectivity index (χ4n) is 2.39. The maximum absolute atomic E-state index is 8.79. The number of hydrogen-bond donors (Lipinski definition) is 2. The van der Waals surface area contributed by atoms with Gasteiger partial charge in [-0.25, -0.2) is 0 Å². The van der Waals surface area contributed by atoms with Gasteiger partial charge in [0.25, 0.3) is 0 Å². The van der Waals surface area contributed by atoms with Gasteiger partial charge in [-0.3, -0.25) is 0 Å². The summed E-state index contributed by atoms with van der Waals surface area (Å²) in [6, 6.07) is 16.7. The molecule has 0 aromatic heterocycles. The van der Waals surface area contributed by atoms with E-state index < -0.39 is 8.60 Å². The van der Waals surface area contributed by atoms with Crippen LogP contribution in [0.5, 0.6) is 0 Å². The van der Waals surface area contributed by atoms with E-state index in [1.54, 1.807) is 11.8 Å². The summed E-state index contributed by atoms with van der Waals surface area (Å²) in [7, 11) is -2.26. The van der Waals surface area contributed by atoms with Crippen LogP contribution in [0.4, 0.5) is 11.4 Å². The molecule has 0 spiro atoms. The summed E-state index contributed by atoms with van der Waals surface area (Å²) in [4.78, 5) is 22.3. The molecule has 21 heavy (non-hydrogen) atoms. The molecule has 3 rings (SSSR count). The molecule has 2 N–H and O–H groups in total. The molecule has 0 saturated heterocycles. The molecule has 2 aromatic rings. The Kier molecular flexibility index (Phi) is 4.78. The van der Waals surface area contributed by atoms with E-state index in [9.17, 15) is 0 Å². The number of rotatable bonds is 5. The van der Waals surface area contributed by atoms with Crippen molar-refractivity contribution in [1.82, 2.24) is 0 Å². The van der Waals surface area contributed by atoms with Gasteiger partial charge in [-0.15, -0.1) is 0 Å². The fraction of sp³-hybridized carbons (Fsp3) is 0.200. The van der Waals surface area contributed by atoms with Crippen LogP contribution in [0.25, 0.3) is 0 Å². The molecule has 2 aromatic carbocycles. The van der Waals surface area contributed by atoms with Crippen LogP contribution in [-0.2, 0) is 4.52 Å². The second-order valence-corrected chi connectivity index (χ2v) is 6.48. The second-order valence-electron chi connectivity index (χ2n) is 4.63. The molecule has 1 aliphatic heterocycles. The topological polar surface area (TPSA) is 52.9 Å². The van der Waals surface area contributed by atoms with Crippen LogP contribution >= 0.6 is 20.4 Å².